The molecule has 0 aliphatic carbocycles. The van der Waals surface area contributed by atoms with Gasteiger partial charge in [-0.1, -0.05) is 18.2 Å². The quantitative estimate of drug-likeness (QED) is 0.470. The minimum absolute atomic E-state index is 0.128. The lowest BCUT2D eigenvalue weighted by Crippen LogP contribution is -1.98. The van der Waals surface area contributed by atoms with E-state index in [1.807, 2.05) is 0 Å². The maximum Gasteiger partial charge on any atom is 0.294 e. The van der Waals surface area contributed by atoms with Crippen molar-refractivity contribution in [1.29, 1.82) is 0 Å². The molecule has 0 aliphatic heterocycles. The van der Waals surface area contributed by atoms with Crippen molar-refractivity contribution in [3.8, 4) is 0 Å². The third kappa shape index (κ3) is 1.67. The van der Waals surface area contributed by atoms with Crippen LogP contribution >= 0.6 is 0 Å². The van der Waals surface area contributed by atoms with Crippen LogP contribution in [-0.4, -0.2) is 16.1 Å². The van der Waals surface area contributed by atoms with E-state index in [0.717, 1.165) is 0 Å². The van der Waals surface area contributed by atoms with Crippen molar-refractivity contribution in [3.63, 3.8) is 0 Å². The molecule has 0 saturated carbocycles. The van der Waals surface area contributed by atoms with Gasteiger partial charge in [-0.05, 0) is 11.5 Å². The van der Waals surface area contributed by atoms with Crippen molar-refractivity contribution < 1.29 is 14.6 Å². The van der Waals surface area contributed by atoms with Crippen LogP contribution in [0.5, 0.6) is 0 Å². The second-order valence-corrected chi connectivity index (χ2v) is 3.51. The number of carbonyl (C=O) groups excluding carboxylic acids is 1. The summed E-state index contributed by atoms with van der Waals surface area (Å²) in [6, 6.07) is 6.84. The third-order valence-corrected chi connectivity index (χ3v) is 2.53. The summed E-state index contributed by atoms with van der Waals surface area (Å²) in [5.74, 6) is 0. The first-order chi connectivity index (χ1) is 8.56. The van der Waals surface area contributed by atoms with Gasteiger partial charge in [0.1, 0.15) is 5.39 Å². The average molecular weight is 246 g/mol. The van der Waals surface area contributed by atoms with E-state index in [1.54, 1.807) is 0 Å². The van der Waals surface area contributed by atoms with Crippen molar-refractivity contribution in [2.24, 2.45) is 0 Å². The molecular weight excluding hydrogens is 240 g/mol. The number of carbonyl (C=O) groups is 1. The minimum Gasteiger partial charge on any atom is -0.298 e. The lowest BCUT2D eigenvalue weighted by Gasteiger charge is -2.02. The highest BCUT2D eigenvalue weighted by Gasteiger charge is 2.25. The van der Waals surface area contributed by atoms with Crippen molar-refractivity contribution in [1.82, 2.24) is 0 Å². The van der Waals surface area contributed by atoms with Crippen LogP contribution in [0.3, 0.4) is 0 Å². The molecule has 0 aliphatic rings. The highest BCUT2D eigenvalue weighted by atomic mass is 16.6. The number of nitro groups is 2. The Balaban J connectivity index is 3.02. The van der Waals surface area contributed by atoms with E-state index in [2.05, 4.69) is 0 Å². The topological polar surface area (TPSA) is 103 Å². The molecule has 18 heavy (non-hydrogen) atoms. The van der Waals surface area contributed by atoms with Crippen LogP contribution in [0.4, 0.5) is 11.4 Å². The Bertz CT molecular complexity index is 680. The van der Waals surface area contributed by atoms with Crippen LogP contribution in [0.2, 0.25) is 0 Å². The summed E-state index contributed by atoms with van der Waals surface area (Å²) in [4.78, 5) is 31.2. The Hall–Kier alpha value is -2.83. The highest BCUT2D eigenvalue weighted by Crippen LogP contribution is 2.35. The van der Waals surface area contributed by atoms with Crippen molar-refractivity contribution in [2.45, 2.75) is 0 Å². The maximum atomic E-state index is 11.0. The van der Waals surface area contributed by atoms with Gasteiger partial charge in [0, 0.05) is 6.07 Å². The largest absolute Gasteiger partial charge is 0.298 e. The Morgan fingerprint density at radius 3 is 2.28 bits per heavy atom. The van der Waals surface area contributed by atoms with Gasteiger partial charge in [0.15, 0.2) is 6.29 Å². The van der Waals surface area contributed by atoms with Gasteiger partial charge in [-0.25, -0.2) is 0 Å². The van der Waals surface area contributed by atoms with Gasteiger partial charge in [-0.2, -0.15) is 0 Å². The summed E-state index contributed by atoms with van der Waals surface area (Å²) >= 11 is 0. The summed E-state index contributed by atoms with van der Waals surface area (Å²) in [5.41, 5.74) is -1.10. The second kappa shape index (κ2) is 4.21. The van der Waals surface area contributed by atoms with Crippen LogP contribution in [0.15, 0.2) is 30.3 Å². The number of hydrogen-bond donors (Lipinski definition) is 0. The van der Waals surface area contributed by atoms with Gasteiger partial charge in [0.05, 0.1) is 15.4 Å². The monoisotopic (exact) mass is 246 g/mol. The fourth-order valence-electron chi connectivity index (χ4n) is 1.80. The van der Waals surface area contributed by atoms with Gasteiger partial charge in [-0.3, -0.25) is 25.0 Å². The smallest absolute Gasteiger partial charge is 0.294 e. The lowest BCUT2D eigenvalue weighted by molar-refractivity contribution is -0.390. The third-order valence-electron chi connectivity index (χ3n) is 2.53. The van der Waals surface area contributed by atoms with Crippen LogP contribution < -0.4 is 0 Å². The Morgan fingerprint density at radius 2 is 1.72 bits per heavy atom. The summed E-state index contributed by atoms with van der Waals surface area (Å²) in [6.45, 7) is 0. The summed E-state index contributed by atoms with van der Waals surface area (Å²) in [6.07, 6.45) is 0.314. The SMILES string of the molecule is O=Cc1ccc2cccc([N+](=O)[O-])c2c1[N+](=O)[O-]. The van der Waals surface area contributed by atoms with Gasteiger partial charge >= 0.3 is 0 Å². The average Bonchev–Trinajstić information content (AvgIpc) is 2.35. The first-order valence-corrected chi connectivity index (χ1v) is 4.86. The maximum absolute atomic E-state index is 11.0. The zero-order chi connectivity index (χ0) is 13.3. The first kappa shape index (κ1) is 11.6. The predicted molar refractivity (Wildman–Crippen MR) is 62.6 cm³/mol. The second-order valence-electron chi connectivity index (χ2n) is 3.51. The molecule has 0 atom stereocenters. The van der Waals surface area contributed by atoms with E-state index in [9.17, 15) is 25.0 Å². The molecule has 0 bridgehead atoms. The molecule has 90 valence electrons. The standard InChI is InChI=1S/C11H6N2O5/c14-6-8-5-4-7-2-1-3-9(12(15)16)10(7)11(8)13(17)18/h1-6H. The molecule has 0 amide bonds. The van der Waals surface area contributed by atoms with E-state index >= 15 is 0 Å². The number of nitro benzene ring substituents is 2. The molecule has 0 aromatic heterocycles. The lowest BCUT2D eigenvalue weighted by atomic mass is 10.0. The number of benzene rings is 2. The fourth-order valence-corrected chi connectivity index (χ4v) is 1.80. The highest BCUT2D eigenvalue weighted by molar-refractivity contribution is 6.03. The number of non-ortho nitro benzene ring substituents is 1. The number of fused-ring (bicyclic) bond motifs is 1. The van der Waals surface area contributed by atoms with E-state index < -0.39 is 15.5 Å². The predicted octanol–water partition coefficient (Wildman–Crippen LogP) is 2.47. The Kier molecular flexibility index (Phi) is 2.72. The van der Waals surface area contributed by atoms with E-state index in [0.29, 0.717) is 11.7 Å². The number of nitrogens with zero attached hydrogens (tertiary/aromatic N) is 2. The van der Waals surface area contributed by atoms with E-state index in [4.69, 9.17) is 0 Å². The Morgan fingerprint density at radius 1 is 1.00 bits per heavy atom. The molecule has 0 fully saturated rings. The molecule has 2 aromatic rings. The van der Waals surface area contributed by atoms with Crippen molar-refractivity contribution >= 4 is 28.4 Å². The van der Waals surface area contributed by atoms with Gasteiger partial charge in [0.2, 0.25) is 0 Å². The number of rotatable bonds is 3. The summed E-state index contributed by atoms with van der Waals surface area (Å²) in [7, 11) is 0. The Labute approximate surface area is 99.9 Å². The molecule has 0 saturated heterocycles. The minimum atomic E-state index is -0.779. The van der Waals surface area contributed by atoms with E-state index in [1.165, 1.54) is 30.3 Å². The fraction of sp³-hybridized carbons (Fsp3) is 0. The molecule has 0 spiro atoms. The molecule has 0 radical (unpaired) electrons. The number of aldehydes is 1. The van der Waals surface area contributed by atoms with Crippen LogP contribution in [0.1, 0.15) is 10.4 Å². The molecule has 7 heteroatoms. The zero-order valence-corrected chi connectivity index (χ0v) is 8.90. The molecule has 2 rings (SSSR count). The van der Waals surface area contributed by atoms with Crippen molar-refractivity contribution in [3.05, 3.63) is 56.1 Å². The van der Waals surface area contributed by atoms with Crippen molar-refractivity contribution in [2.75, 3.05) is 0 Å². The van der Waals surface area contributed by atoms with Crippen LogP contribution in [0.25, 0.3) is 10.8 Å². The van der Waals surface area contributed by atoms with E-state index in [-0.39, 0.29) is 16.6 Å². The molecule has 2 aromatic carbocycles. The molecule has 0 unspecified atom stereocenters. The zero-order valence-electron chi connectivity index (χ0n) is 8.90. The first-order valence-electron chi connectivity index (χ1n) is 4.86. The van der Waals surface area contributed by atoms with Crippen LogP contribution in [-0.2, 0) is 0 Å². The summed E-state index contributed by atoms with van der Waals surface area (Å²) in [5, 5.41) is 22.1. The van der Waals surface area contributed by atoms with Gasteiger partial charge in [-0.15, -0.1) is 0 Å². The van der Waals surface area contributed by atoms with Crippen LogP contribution in [0, 0.1) is 20.2 Å². The molecule has 0 heterocycles. The van der Waals surface area contributed by atoms with Gasteiger partial charge < -0.3 is 0 Å². The molecule has 7 nitrogen and oxygen atoms in total. The molecular formula is C11H6N2O5. The normalized spacial score (nSPS) is 10.2. The summed E-state index contributed by atoms with van der Waals surface area (Å²) < 4.78 is 0. The number of hydrogen-bond acceptors (Lipinski definition) is 5. The molecule has 0 N–H and O–H groups in total. The van der Waals surface area contributed by atoms with Gasteiger partial charge in [0.25, 0.3) is 11.4 Å².